The highest BCUT2D eigenvalue weighted by atomic mass is 14.4. The van der Waals surface area contributed by atoms with E-state index in [0.717, 1.165) is 17.8 Å². The second-order valence-electron chi connectivity index (χ2n) is 4.20. The van der Waals surface area contributed by atoms with Crippen LogP contribution in [0.15, 0.2) is 24.3 Å². The lowest BCUT2D eigenvalue weighted by Gasteiger charge is -2.17. The SMILES string of the molecule is C=C(C)CC1CC2C=CC1C2. The molecule has 3 unspecified atom stereocenters. The fraction of sp³-hybridized carbons (Fsp3) is 0.636. The minimum Gasteiger partial charge on any atom is -0.100 e. The van der Waals surface area contributed by atoms with Crippen molar-refractivity contribution in [3.8, 4) is 0 Å². The highest BCUT2D eigenvalue weighted by molar-refractivity contribution is 5.12. The Labute approximate surface area is 69.0 Å². The van der Waals surface area contributed by atoms with Gasteiger partial charge in [0.1, 0.15) is 0 Å². The van der Waals surface area contributed by atoms with Crippen LogP contribution in [-0.2, 0) is 0 Å². The van der Waals surface area contributed by atoms with Crippen molar-refractivity contribution < 1.29 is 0 Å². The molecule has 0 radical (unpaired) electrons. The van der Waals surface area contributed by atoms with Gasteiger partial charge >= 0.3 is 0 Å². The van der Waals surface area contributed by atoms with Crippen molar-refractivity contribution in [1.82, 2.24) is 0 Å². The molecule has 0 heterocycles. The van der Waals surface area contributed by atoms with Gasteiger partial charge in [-0.3, -0.25) is 0 Å². The van der Waals surface area contributed by atoms with Crippen LogP contribution in [-0.4, -0.2) is 0 Å². The van der Waals surface area contributed by atoms with Crippen molar-refractivity contribution in [2.24, 2.45) is 17.8 Å². The molecule has 2 aliphatic carbocycles. The molecular weight excluding hydrogens is 132 g/mol. The molecule has 0 N–H and O–H groups in total. The average molecular weight is 148 g/mol. The van der Waals surface area contributed by atoms with Gasteiger partial charge in [0.05, 0.1) is 0 Å². The predicted octanol–water partition coefficient (Wildman–Crippen LogP) is 3.16. The number of hydrogen-bond acceptors (Lipinski definition) is 0. The fourth-order valence-electron chi connectivity index (χ4n) is 2.58. The Balaban J connectivity index is 1.98. The maximum atomic E-state index is 3.98. The van der Waals surface area contributed by atoms with E-state index in [9.17, 15) is 0 Å². The molecular formula is C11H16. The number of fused-ring (bicyclic) bond motifs is 2. The topological polar surface area (TPSA) is 0 Å². The third-order valence-electron chi connectivity index (χ3n) is 3.03. The summed E-state index contributed by atoms with van der Waals surface area (Å²) in [6.07, 6.45) is 8.93. The molecule has 0 nitrogen and oxygen atoms in total. The van der Waals surface area contributed by atoms with Crippen molar-refractivity contribution in [3.05, 3.63) is 24.3 Å². The lowest BCUT2D eigenvalue weighted by atomic mass is 9.88. The second kappa shape index (κ2) is 2.51. The summed E-state index contributed by atoms with van der Waals surface area (Å²) in [5, 5.41) is 0. The van der Waals surface area contributed by atoms with Gasteiger partial charge in [0.15, 0.2) is 0 Å². The highest BCUT2D eigenvalue weighted by Crippen LogP contribution is 2.45. The predicted molar refractivity (Wildman–Crippen MR) is 48.3 cm³/mol. The summed E-state index contributed by atoms with van der Waals surface area (Å²) in [6, 6.07) is 0. The van der Waals surface area contributed by atoms with Gasteiger partial charge in [-0.05, 0) is 43.9 Å². The van der Waals surface area contributed by atoms with Gasteiger partial charge in [0, 0.05) is 0 Å². The molecule has 0 aromatic heterocycles. The van der Waals surface area contributed by atoms with Gasteiger partial charge < -0.3 is 0 Å². The van der Waals surface area contributed by atoms with E-state index in [0.29, 0.717) is 0 Å². The Morgan fingerprint density at radius 3 is 2.73 bits per heavy atom. The molecule has 1 fully saturated rings. The molecule has 2 bridgehead atoms. The maximum absolute atomic E-state index is 3.98. The zero-order chi connectivity index (χ0) is 7.84. The summed E-state index contributed by atoms with van der Waals surface area (Å²) in [7, 11) is 0. The molecule has 0 amide bonds. The van der Waals surface area contributed by atoms with Crippen LogP contribution in [0.5, 0.6) is 0 Å². The first-order valence-electron chi connectivity index (χ1n) is 4.58. The quantitative estimate of drug-likeness (QED) is 0.528. The minimum atomic E-state index is 0.900. The first-order valence-corrected chi connectivity index (χ1v) is 4.58. The van der Waals surface area contributed by atoms with Crippen molar-refractivity contribution in [2.75, 3.05) is 0 Å². The average Bonchev–Trinajstić information content (AvgIpc) is 2.45. The van der Waals surface area contributed by atoms with Crippen LogP contribution in [0.3, 0.4) is 0 Å². The molecule has 2 aliphatic rings. The number of allylic oxidation sites excluding steroid dienone is 3. The van der Waals surface area contributed by atoms with Gasteiger partial charge in [0.25, 0.3) is 0 Å². The Hall–Kier alpha value is -0.520. The molecule has 0 aromatic rings. The van der Waals surface area contributed by atoms with E-state index < -0.39 is 0 Å². The van der Waals surface area contributed by atoms with Gasteiger partial charge in [-0.25, -0.2) is 0 Å². The molecule has 0 aliphatic heterocycles. The largest absolute Gasteiger partial charge is 0.100 e. The van der Waals surface area contributed by atoms with Crippen LogP contribution in [0.4, 0.5) is 0 Å². The summed E-state index contributed by atoms with van der Waals surface area (Å²) >= 11 is 0. The summed E-state index contributed by atoms with van der Waals surface area (Å²) in [5.41, 5.74) is 1.36. The van der Waals surface area contributed by atoms with Gasteiger partial charge in [0.2, 0.25) is 0 Å². The first-order chi connectivity index (χ1) is 5.25. The molecule has 60 valence electrons. The van der Waals surface area contributed by atoms with Crippen LogP contribution >= 0.6 is 0 Å². The Morgan fingerprint density at radius 1 is 1.45 bits per heavy atom. The minimum absolute atomic E-state index is 0.900. The standard InChI is InChI=1S/C11H16/c1-8(2)5-11-7-9-3-4-10(11)6-9/h3-4,9-11H,1,5-7H2,2H3. The molecule has 3 atom stereocenters. The van der Waals surface area contributed by atoms with Crippen molar-refractivity contribution >= 4 is 0 Å². The summed E-state index contributed by atoms with van der Waals surface area (Å²) in [5.74, 6) is 2.75. The van der Waals surface area contributed by atoms with Crippen LogP contribution in [0, 0.1) is 17.8 Å². The zero-order valence-electron chi connectivity index (χ0n) is 7.22. The number of hydrogen-bond donors (Lipinski definition) is 0. The Morgan fingerprint density at radius 2 is 2.27 bits per heavy atom. The van der Waals surface area contributed by atoms with Crippen LogP contribution in [0.25, 0.3) is 0 Å². The summed E-state index contributed by atoms with van der Waals surface area (Å²) in [6.45, 7) is 6.13. The van der Waals surface area contributed by atoms with Crippen LogP contribution < -0.4 is 0 Å². The fourth-order valence-corrected chi connectivity index (χ4v) is 2.58. The van der Waals surface area contributed by atoms with E-state index in [1.54, 1.807) is 0 Å². The third kappa shape index (κ3) is 1.26. The molecule has 0 heteroatoms. The first kappa shape index (κ1) is 7.15. The molecule has 2 rings (SSSR count). The van der Waals surface area contributed by atoms with E-state index in [1.165, 1.54) is 24.8 Å². The third-order valence-corrected chi connectivity index (χ3v) is 3.03. The monoisotopic (exact) mass is 148 g/mol. The van der Waals surface area contributed by atoms with E-state index in [2.05, 4.69) is 25.7 Å². The normalized spacial score (nSPS) is 39.9. The lowest BCUT2D eigenvalue weighted by molar-refractivity contribution is 0.445. The van der Waals surface area contributed by atoms with E-state index >= 15 is 0 Å². The van der Waals surface area contributed by atoms with Crippen molar-refractivity contribution in [1.29, 1.82) is 0 Å². The molecule has 0 saturated heterocycles. The van der Waals surface area contributed by atoms with Crippen molar-refractivity contribution in [2.45, 2.75) is 26.2 Å². The van der Waals surface area contributed by atoms with Gasteiger partial charge in [-0.15, -0.1) is 6.58 Å². The smallest absolute Gasteiger partial charge is 0.0196 e. The summed E-state index contributed by atoms with van der Waals surface area (Å²) in [4.78, 5) is 0. The molecule has 1 saturated carbocycles. The van der Waals surface area contributed by atoms with E-state index in [1.807, 2.05) is 0 Å². The summed E-state index contributed by atoms with van der Waals surface area (Å²) < 4.78 is 0. The second-order valence-corrected chi connectivity index (χ2v) is 4.20. The molecule has 0 aromatic carbocycles. The van der Waals surface area contributed by atoms with E-state index in [-0.39, 0.29) is 0 Å². The Bertz CT molecular complexity index is 200. The van der Waals surface area contributed by atoms with Gasteiger partial charge in [-0.1, -0.05) is 17.7 Å². The Kier molecular flexibility index (Phi) is 1.63. The zero-order valence-corrected chi connectivity index (χ0v) is 7.22. The van der Waals surface area contributed by atoms with Crippen LogP contribution in [0.2, 0.25) is 0 Å². The van der Waals surface area contributed by atoms with Crippen molar-refractivity contribution in [3.63, 3.8) is 0 Å². The lowest BCUT2D eigenvalue weighted by Crippen LogP contribution is -2.06. The molecule has 11 heavy (non-hydrogen) atoms. The van der Waals surface area contributed by atoms with E-state index in [4.69, 9.17) is 0 Å². The van der Waals surface area contributed by atoms with Crippen LogP contribution in [0.1, 0.15) is 26.2 Å². The highest BCUT2D eigenvalue weighted by Gasteiger charge is 2.34. The van der Waals surface area contributed by atoms with Gasteiger partial charge in [-0.2, -0.15) is 0 Å². The number of rotatable bonds is 2. The maximum Gasteiger partial charge on any atom is -0.0196 e. The molecule has 0 spiro atoms.